The van der Waals surface area contributed by atoms with E-state index in [1.54, 1.807) is 17.8 Å². The van der Waals surface area contributed by atoms with Gasteiger partial charge in [-0.2, -0.15) is 5.10 Å². The van der Waals surface area contributed by atoms with Gasteiger partial charge >= 0.3 is 0 Å². The van der Waals surface area contributed by atoms with E-state index in [1.165, 1.54) is 0 Å². The van der Waals surface area contributed by atoms with Crippen LogP contribution in [0.3, 0.4) is 0 Å². The van der Waals surface area contributed by atoms with Crippen molar-refractivity contribution in [1.82, 2.24) is 15.1 Å². The van der Waals surface area contributed by atoms with Crippen LogP contribution in [0.5, 0.6) is 0 Å². The van der Waals surface area contributed by atoms with Gasteiger partial charge in [-0.25, -0.2) is 0 Å². The highest BCUT2D eigenvalue weighted by Gasteiger charge is 2.07. The molecule has 0 aliphatic heterocycles. The van der Waals surface area contributed by atoms with Crippen LogP contribution in [-0.4, -0.2) is 21.1 Å². The highest BCUT2D eigenvalue weighted by Crippen LogP contribution is 1.97. The number of nitrogens with zero attached hydrogens (tertiary/aromatic N) is 2. The Labute approximate surface area is 81.9 Å². The van der Waals surface area contributed by atoms with Crippen molar-refractivity contribution in [3.05, 3.63) is 18.0 Å². The average Bonchev–Trinajstić information content (AvgIpc) is 2.47. The number of halogens is 1. The molecule has 1 aromatic heterocycles. The third-order valence-electron chi connectivity index (χ3n) is 1.59. The van der Waals surface area contributed by atoms with Crippen molar-refractivity contribution in [2.75, 3.05) is 0 Å². The fourth-order valence-electron chi connectivity index (χ4n) is 0.893. The van der Waals surface area contributed by atoms with Crippen LogP contribution in [0.1, 0.15) is 12.5 Å². The third-order valence-corrected chi connectivity index (χ3v) is 1.78. The summed E-state index contributed by atoms with van der Waals surface area (Å²) in [6.07, 6.45) is 3.55. The Hall–Kier alpha value is -1.03. The van der Waals surface area contributed by atoms with Crippen molar-refractivity contribution in [1.29, 1.82) is 0 Å². The molecule has 0 aliphatic carbocycles. The minimum atomic E-state index is -0.489. The lowest BCUT2D eigenvalue weighted by Gasteiger charge is -2.03. The summed E-state index contributed by atoms with van der Waals surface area (Å²) in [6, 6.07) is 0. The fraction of sp³-hybridized carbons (Fsp3) is 0.500. The molecule has 0 saturated carbocycles. The van der Waals surface area contributed by atoms with Crippen molar-refractivity contribution in [3.8, 4) is 0 Å². The van der Waals surface area contributed by atoms with Crippen LogP contribution in [0.15, 0.2) is 12.4 Å². The van der Waals surface area contributed by atoms with E-state index in [-0.39, 0.29) is 5.91 Å². The van der Waals surface area contributed by atoms with Gasteiger partial charge in [0.1, 0.15) is 5.38 Å². The molecule has 72 valence electrons. The van der Waals surface area contributed by atoms with Crippen molar-refractivity contribution >= 4 is 17.5 Å². The second-order valence-electron chi connectivity index (χ2n) is 2.86. The number of nitrogens with one attached hydrogen (secondary N) is 1. The molecule has 1 amide bonds. The Morgan fingerprint density at radius 1 is 1.85 bits per heavy atom. The topological polar surface area (TPSA) is 46.9 Å². The van der Waals surface area contributed by atoms with Crippen molar-refractivity contribution in [2.45, 2.75) is 18.8 Å². The Morgan fingerprint density at radius 3 is 3.00 bits per heavy atom. The van der Waals surface area contributed by atoms with E-state index < -0.39 is 5.38 Å². The number of hydrogen-bond acceptors (Lipinski definition) is 2. The van der Waals surface area contributed by atoms with Gasteiger partial charge in [0.05, 0.1) is 6.20 Å². The van der Waals surface area contributed by atoms with E-state index in [9.17, 15) is 4.79 Å². The second kappa shape index (κ2) is 4.28. The lowest BCUT2D eigenvalue weighted by atomic mass is 10.3. The molecule has 13 heavy (non-hydrogen) atoms. The summed E-state index contributed by atoms with van der Waals surface area (Å²) in [5, 5.41) is 6.17. The normalized spacial score (nSPS) is 12.5. The minimum absolute atomic E-state index is 0.162. The molecule has 4 nitrogen and oxygen atoms in total. The van der Waals surface area contributed by atoms with Crippen LogP contribution in [0.4, 0.5) is 0 Å². The summed E-state index contributed by atoms with van der Waals surface area (Å²) in [6.45, 7) is 2.11. The van der Waals surface area contributed by atoms with Crippen LogP contribution in [0.25, 0.3) is 0 Å². The predicted octanol–water partition coefficient (Wildman–Crippen LogP) is 0.664. The molecular weight excluding hydrogens is 190 g/mol. The van der Waals surface area contributed by atoms with Gasteiger partial charge in [0, 0.05) is 25.4 Å². The molecule has 1 N–H and O–H groups in total. The Morgan fingerprint density at radius 2 is 2.54 bits per heavy atom. The van der Waals surface area contributed by atoms with Crippen molar-refractivity contribution in [2.24, 2.45) is 7.05 Å². The maximum absolute atomic E-state index is 11.1. The SMILES string of the molecule is CC(Cl)C(=O)NCc1cnn(C)c1. The molecule has 1 atom stereocenters. The van der Waals surface area contributed by atoms with Crippen LogP contribution < -0.4 is 5.32 Å². The monoisotopic (exact) mass is 201 g/mol. The van der Waals surface area contributed by atoms with Crippen LogP contribution in [0, 0.1) is 0 Å². The Bertz CT molecular complexity index is 295. The van der Waals surface area contributed by atoms with Gasteiger partial charge in [-0.05, 0) is 6.92 Å². The quantitative estimate of drug-likeness (QED) is 0.731. The van der Waals surface area contributed by atoms with E-state index in [1.807, 2.05) is 13.2 Å². The number of aryl methyl sites for hydroxylation is 1. The highest BCUT2D eigenvalue weighted by atomic mass is 35.5. The zero-order valence-corrected chi connectivity index (χ0v) is 8.38. The van der Waals surface area contributed by atoms with Gasteiger partial charge in [0.2, 0.25) is 5.91 Å². The lowest BCUT2D eigenvalue weighted by Crippen LogP contribution is -2.28. The van der Waals surface area contributed by atoms with E-state index in [4.69, 9.17) is 11.6 Å². The van der Waals surface area contributed by atoms with E-state index in [2.05, 4.69) is 10.4 Å². The smallest absolute Gasteiger partial charge is 0.238 e. The van der Waals surface area contributed by atoms with Gasteiger partial charge in [0.15, 0.2) is 0 Å². The number of carbonyl (C=O) groups is 1. The molecule has 0 aromatic carbocycles. The first-order chi connectivity index (χ1) is 6.09. The summed E-state index contributed by atoms with van der Waals surface area (Å²) >= 11 is 5.57. The molecule has 1 aromatic rings. The van der Waals surface area contributed by atoms with Crippen molar-refractivity contribution < 1.29 is 4.79 Å². The summed E-state index contributed by atoms with van der Waals surface area (Å²) < 4.78 is 1.69. The zero-order valence-electron chi connectivity index (χ0n) is 7.62. The minimum Gasteiger partial charge on any atom is -0.351 e. The van der Waals surface area contributed by atoms with E-state index in [0.29, 0.717) is 6.54 Å². The zero-order chi connectivity index (χ0) is 9.84. The summed E-state index contributed by atoms with van der Waals surface area (Å²) in [7, 11) is 1.83. The van der Waals surface area contributed by atoms with E-state index >= 15 is 0 Å². The molecule has 0 bridgehead atoms. The lowest BCUT2D eigenvalue weighted by molar-refractivity contribution is -0.120. The van der Waals surface area contributed by atoms with Crippen LogP contribution >= 0.6 is 11.6 Å². The molecule has 0 fully saturated rings. The predicted molar refractivity (Wildman–Crippen MR) is 50.4 cm³/mol. The van der Waals surface area contributed by atoms with E-state index in [0.717, 1.165) is 5.56 Å². The molecule has 1 heterocycles. The highest BCUT2D eigenvalue weighted by molar-refractivity contribution is 6.30. The third kappa shape index (κ3) is 3.06. The number of carbonyl (C=O) groups excluding carboxylic acids is 1. The van der Waals surface area contributed by atoms with Gasteiger partial charge in [-0.1, -0.05) is 0 Å². The molecule has 0 radical (unpaired) electrons. The first kappa shape index (κ1) is 10.1. The maximum Gasteiger partial charge on any atom is 0.238 e. The molecule has 5 heteroatoms. The summed E-state index contributed by atoms with van der Waals surface area (Å²) in [4.78, 5) is 11.1. The van der Waals surface area contributed by atoms with Gasteiger partial charge in [-0.3, -0.25) is 9.48 Å². The standard InChI is InChI=1S/C8H12ClN3O/c1-6(9)8(13)10-3-7-4-11-12(2)5-7/h4-6H,3H2,1-2H3,(H,10,13). The largest absolute Gasteiger partial charge is 0.351 e. The molecule has 0 saturated heterocycles. The Kier molecular flexibility index (Phi) is 3.31. The van der Waals surface area contributed by atoms with Crippen LogP contribution in [0.2, 0.25) is 0 Å². The first-order valence-electron chi connectivity index (χ1n) is 3.99. The number of hydrogen-bond donors (Lipinski definition) is 1. The van der Waals surface area contributed by atoms with Gasteiger partial charge < -0.3 is 5.32 Å². The molecule has 1 unspecified atom stereocenters. The Balaban J connectivity index is 2.39. The number of aromatic nitrogens is 2. The fourth-order valence-corrected chi connectivity index (χ4v) is 0.970. The molecule has 1 rings (SSSR count). The number of alkyl halides is 1. The molecular formula is C8H12ClN3O. The van der Waals surface area contributed by atoms with Gasteiger partial charge in [0.25, 0.3) is 0 Å². The van der Waals surface area contributed by atoms with Gasteiger partial charge in [-0.15, -0.1) is 11.6 Å². The number of amides is 1. The summed E-state index contributed by atoms with van der Waals surface area (Å²) in [5.74, 6) is -0.162. The maximum atomic E-state index is 11.1. The summed E-state index contributed by atoms with van der Waals surface area (Å²) in [5.41, 5.74) is 0.966. The van der Waals surface area contributed by atoms with Crippen LogP contribution in [-0.2, 0) is 18.4 Å². The second-order valence-corrected chi connectivity index (χ2v) is 3.51. The first-order valence-corrected chi connectivity index (χ1v) is 4.42. The molecule has 0 spiro atoms. The number of rotatable bonds is 3. The molecule has 0 aliphatic rings. The van der Waals surface area contributed by atoms with Crippen molar-refractivity contribution in [3.63, 3.8) is 0 Å². The average molecular weight is 202 g/mol.